The molecule has 1 unspecified atom stereocenters. The van der Waals surface area contributed by atoms with Gasteiger partial charge in [0.25, 0.3) is 0 Å². The first-order valence-electron chi connectivity index (χ1n) is 29.3. The maximum absolute atomic E-state index is 14.2. The van der Waals surface area contributed by atoms with E-state index in [1.165, 1.54) is 11.8 Å². The summed E-state index contributed by atoms with van der Waals surface area (Å²) < 4.78 is 5.67. The number of hydrogen-bond acceptors (Lipinski definition) is 13. The summed E-state index contributed by atoms with van der Waals surface area (Å²) in [6.45, 7) is 20.1. The number of ether oxygens (including phenoxy) is 1. The van der Waals surface area contributed by atoms with E-state index in [0.29, 0.717) is 40.9 Å². The molecule has 0 spiro atoms. The van der Waals surface area contributed by atoms with Crippen LogP contribution in [0.3, 0.4) is 0 Å². The molecular formula is C67H86N8O10. The number of unbranched alkanes of at least 4 members (excludes halogenated alkanes) is 1. The minimum Gasteiger partial charge on any atom is -0.478 e. The van der Waals surface area contributed by atoms with Crippen LogP contribution in [0.1, 0.15) is 142 Å². The summed E-state index contributed by atoms with van der Waals surface area (Å²) in [5.74, 6) is -3.91. The summed E-state index contributed by atoms with van der Waals surface area (Å²) in [5.41, 5.74) is 6.00. The van der Waals surface area contributed by atoms with Gasteiger partial charge in [0.15, 0.2) is 11.6 Å². The van der Waals surface area contributed by atoms with Crippen LogP contribution in [0.25, 0.3) is 22.5 Å². The number of anilines is 1. The molecule has 1 aromatic heterocycles. The molecule has 18 heteroatoms. The van der Waals surface area contributed by atoms with Crippen LogP contribution >= 0.6 is 0 Å². The summed E-state index contributed by atoms with van der Waals surface area (Å²) in [5, 5.41) is 33.6. The number of para-hydroxylation sites is 1. The van der Waals surface area contributed by atoms with Crippen LogP contribution in [0.4, 0.5) is 5.69 Å². The normalized spacial score (nSPS) is 15.0. The third-order valence-electron chi connectivity index (χ3n) is 16.2. The Morgan fingerprint density at radius 1 is 0.718 bits per heavy atom. The first kappa shape index (κ1) is 66.0. The second-order valence-electron chi connectivity index (χ2n) is 24.8. The molecule has 5 aromatic rings. The standard InChI is InChI=1S/C67H86N8O10/c1-39(2)51(37-47(76)23-14-19-28-54(77)57-48-24-15-16-25-49(48)58-59(73-74-72-58)50-26-17-18-27-52(50)70-57)62(80)69-42(6)55(78)35-43-29-31-44(32-30-43)38-85-56(79)36-45-21-20-22-46(34-45)67(10,11)60(68-12)63(81)71-61(66(7,8)9)64(82)75(13)53(40(3)4)33-41(5)65(83)84/h15-18,20-22,24-27,29-34,39-40,42,51,53,57,60-61,68,70H,14,19,23,28,35-38H2,1-13H3,(H,69,80)(H,71,81)(H,83,84)(H,72,73,74)/b41-33+/t42-,51-,53+,57?,60+,61+/m0/s1. The maximum atomic E-state index is 14.2. The molecule has 454 valence electrons. The molecule has 0 saturated heterocycles. The van der Waals surface area contributed by atoms with Gasteiger partial charge in [-0.05, 0) is 84.9 Å². The fourth-order valence-corrected chi connectivity index (χ4v) is 10.9. The first-order chi connectivity index (χ1) is 40.1. The lowest BCUT2D eigenvalue weighted by Gasteiger charge is -2.40. The van der Waals surface area contributed by atoms with Crippen molar-refractivity contribution < 1.29 is 48.2 Å². The summed E-state index contributed by atoms with van der Waals surface area (Å²) in [6, 6.07) is 26.1. The lowest BCUT2D eigenvalue weighted by atomic mass is 9.76. The van der Waals surface area contributed by atoms with Crippen LogP contribution < -0.4 is 21.3 Å². The molecular weight excluding hydrogens is 1080 g/mol. The average molecular weight is 1160 g/mol. The van der Waals surface area contributed by atoms with E-state index in [2.05, 4.69) is 36.7 Å². The Hall–Kier alpha value is -8.12. The molecule has 0 saturated carbocycles. The van der Waals surface area contributed by atoms with Crippen molar-refractivity contribution in [3.8, 4) is 22.5 Å². The Morgan fingerprint density at radius 3 is 1.98 bits per heavy atom. The van der Waals surface area contributed by atoms with Gasteiger partial charge in [0.05, 0.1) is 24.5 Å². The third-order valence-corrected chi connectivity index (χ3v) is 16.2. The molecule has 1 aliphatic rings. The van der Waals surface area contributed by atoms with E-state index in [9.17, 15) is 43.5 Å². The van der Waals surface area contributed by atoms with Crippen molar-refractivity contribution >= 4 is 52.7 Å². The fraction of sp³-hybridized carbons (Fsp3) is 0.463. The third kappa shape index (κ3) is 17.0. The van der Waals surface area contributed by atoms with Crippen molar-refractivity contribution in [3.05, 3.63) is 137 Å². The van der Waals surface area contributed by atoms with Gasteiger partial charge in [-0.2, -0.15) is 15.4 Å². The van der Waals surface area contributed by atoms with Crippen molar-refractivity contribution in [2.45, 2.75) is 163 Å². The number of amides is 3. The molecule has 4 aromatic carbocycles. The molecule has 6 rings (SSSR count). The van der Waals surface area contributed by atoms with Gasteiger partial charge in [-0.1, -0.05) is 159 Å². The molecule has 0 radical (unpaired) electrons. The van der Waals surface area contributed by atoms with Crippen LogP contribution in [0.5, 0.6) is 0 Å². The summed E-state index contributed by atoms with van der Waals surface area (Å²) in [4.78, 5) is 109. The number of aromatic amines is 1. The van der Waals surface area contributed by atoms with Crippen molar-refractivity contribution in [1.82, 2.24) is 36.3 Å². The van der Waals surface area contributed by atoms with Gasteiger partial charge in [-0.3, -0.25) is 33.6 Å². The molecule has 3 amide bonds. The topological polar surface area (TPSA) is 259 Å². The minimum absolute atomic E-state index is 0.00905. The zero-order chi connectivity index (χ0) is 62.5. The van der Waals surface area contributed by atoms with Crippen molar-refractivity contribution in [1.29, 1.82) is 0 Å². The molecule has 0 bridgehead atoms. The fourth-order valence-electron chi connectivity index (χ4n) is 10.9. The van der Waals surface area contributed by atoms with Crippen LogP contribution in [0.15, 0.2) is 109 Å². The summed E-state index contributed by atoms with van der Waals surface area (Å²) >= 11 is 0. The number of Topliss-reactive ketones (excluding diaryl/α,β-unsaturated/α-hetero) is 3. The molecule has 0 aliphatic carbocycles. The Labute approximate surface area is 500 Å². The Morgan fingerprint density at radius 2 is 1.34 bits per heavy atom. The monoisotopic (exact) mass is 1160 g/mol. The van der Waals surface area contributed by atoms with Crippen LogP contribution in [0.2, 0.25) is 0 Å². The number of carbonyl (C=O) groups is 8. The number of fused-ring (bicyclic) bond motifs is 5. The lowest BCUT2D eigenvalue weighted by molar-refractivity contribution is -0.144. The van der Waals surface area contributed by atoms with Crippen molar-refractivity contribution in [2.75, 3.05) is 19.4 Å². The Kier molecular flexibility index (Phi) is 22.6. The zero-order valence-corrected chi connectivity index (χ0v) is 51.6. The van der Waals surface area contributed by atoms with E-state index < -0.39 is 64.8 Å². The average Bonchev–Trinajstić information content (AvgIpc) is 2.27. The van der Waals surface area contributed by atoms with Gasteiger partial charge in [-0.15, -0.1) is 0 Å². The Bertz CT molecular complexity index is 3250. The predicted molar refractivity (Wildman–Crippen MR) is 328 cm³/mol. The number of esters is 1. The smallest absolute Gasteiger partial charge is 0.331 e. The predicted octanol–water partition coefficient (Wildman–Crippen LogP) is 9.48. The number of carbonyl (C=O) groups excluding carboxylic acids is 7. The molecule has 2 heterocycles. The number of nitrogens with zero attached hydrogens (tertiary/aromatic N) is 3. The lowest BCUT2D eigenvalue weighted by Crippen LogP contribution is -2.61. The molecule has 0 fully saturated rings. The molecule has 85 heavy (non-hydrogen) atoms. The number of carboxylic acid groups (broad SMARTS) is 1. The highest BCUT2D eigenvalue weighted by Gasteiger charge is 2.42. The molecule has 18 nitrogen and oxygen atoms in total. The van der Waals surface area contributed by atoms with E-state index in [-0.39, 0.29) is 85.3 Å². The minimum atomic E-state index is -1.08. The van der Waals surface area contributed by atoms with Crippen LogP contribution in [-0.4, -0.2) is 111 Å². The number of hydrogen-bond donors (Lipinski definition) is 6. The van der Waals surface area contributed by atoms with Gasteiger partial charge in [0.1, 0.15) is 35.9 Å². The number of rotatable bonds is 28. The number of aromatic nitrogens is 3. The second kappa shape index (κ2) is 29.1. The van der Waals surface area contributed by atoms with Gasteiger partial charge in [0.2, 0.25) is 17.7 Å². The highest BCUT2D eigenvalue weighted by molar-refractivity contribution is 5.96. The summed E-state index contributed by atoms with van der Waals surface area (Å²) in [6.07, 6.45) is 3.00. The van der Waals surface area contributed by atoms with Crippen LogP contribution in [-0.2, 0) is 68.0 Å². The van der Waals surface area contributed by atoms with E-state index in [4.69, 9.17) is 4.74 Å². The number of benzene rings is 4. The SMILES string of the molecule is CN[C@H](C(=O)N[C@H](C(=O)N(C)[C@H](/C=C(\C)C(=O)O)C(C)C)C(C)(C)C)C(C)(C)c1cccc(CC(=O)OCc2ccc(CC(=O)[C@H](C)NC(=O)[C@@H](CC(=O)CCCCC(=O)C3Nc4ccccc4-c4n[nH]nc4-c4ccccc43)C(C)C)cc2)c1. The second-order valence-corrected chi connectivity index (χ2v) is 24.8. The number of carboxylic acids is 1. The molecule has 6 atom stereocenters. The number of aliphatic carboxylic acids is 1. The zero-order valence-electron chi connectivity index (χ0n) is 51.6. The van der Waals surface area contributed by atoms with Crippen LogP contribution in [0, 0.1) is 23.2 Å². The van der Waals surface area contributed by atoms with Gasteiger partial charge >= 0.3 is 11.9 Å². The largest absolute Gasteiger partial charge is 0.478 e. The van der Waals surface area contributed by atoms with Gasteiger partial charge in [0, 0.05) is 66.5 Å². The molecule has 6 N–H and O–H groups in total. The number of likely N-dealkylation sites (N-methyl/N-ethyl adjacent to an activating group) is 2. The highest BCUT2D eigenvalue weighted by Crippen LogP contribution is 2.41. The summed E-state index contributed by atoms with van der Waals surface area (Å²) in [7, 11) is 3.29. The van der Waals surface area contributed by atoms with E-state index in [0.717, 1.165) is 27.9 Å². The first-order valence-corrected chi connectivity index (χ1v) is 29.3. The van der Waals surface area contributed by atoms with E-state index in [1.54, 1.807) is 51.4 Å². The Balaban J connectivity index is 0.954. The molecule has 1 aliphatic heterocycles. The van der Waals surface area contributed by atoms with Gasteiger partial charge < -0.3 is 36.0 Å². The van der Waals surface area contributed by atoms with Gasteiger partial charge in [-0.25, -0.2) is 4.79 Å². The number of ketones is 3. The number of H-pyrrole nitrogens is 1. The van der Waals surface area contributed by atoms with E-state index in [1.807, 2.05) is 135 Å². The maximum Gasteiger partial charge on any atom is 0.331 e. The highest BCUT2D eigenvalue weighted by atomic mass is 16.5. The quantitative estimate of drug-likeness (QED) is 0.0155. The van der Waals surface area contributed by atoms with Crippen molar-refractivity contribution in [2.24, 2.45) is 23.2 Å². The van der Waals surface area contributed by atoms with Crippen molar-refractivity contribution in [3.63, 3.8) is 0 Å². The number of nitrogens with one attached hydrogen (secondary N) is 5. The van der Waals surface area contributed by atoms with E-state index >= 15 is 0 Å².